The lowest BCUT2D eigenvalue weighted by Crippen LogP contribution is -1.97. The van der Waals surface area contributed by atoms with E-state index in [0.29, 0.717) is 0 Å². The largest absolute Gasteiger partial charge is 0.398 e. The van der Waals surface area contributed by atoms with Crippen molar-refractivity contribution in [2.75, 3.05) is 5.73 Å². The predicted octanol–water partition coefficient (Wildman–Crippen LogP) is 3.44. The third kappa shape index (κ3) is 2.44. The average Bonchev–Trinajstić information content (AvgIpc) is 2.69. The van der Waals surface area contributed by atoms with Gasteiger partial charge in [0.25, 0.3) is 0 Å². The van der Waals surface area contributed by atoms with Crippen LogP contribution in [-0.2, 0) is 5.75 Å². The lowest BCUT2D eigenvalue weighted by molar-refractivity contribution is 0.886. The van der Waals surface area contributed by atoms with Crippen molar-refractivity contribution in [2.45, 2.75) is 36.7 Å². The van der Waals surface area contributed by atoms with Crippen molar-refractivity contribution < 1.29 is 0 Å². The Morgan fingerprint density at radius 3 is 2.64 bits per heavy atom. The lowest BCUT2D eigenvalue weighted by Gasteiger charge is -2.09. The zero-order chi connectivity index (χ0) is 9.80. The number of nitrogens with two attached hydrogens (primary N) is 1. The van der Waals surface area contributed by atoms with Gasteiger partial charge in [0.05, 0.1) is 0 Å². The quantitative estimate of drug-likeness (QED) is 0.768. The summed E-state index contributed by atoms with van der Waals surface area (Å²) in [6.45, 7) is 0. The summed E-state index contributed by atoms with van der Waals surface area (Å²) in [5.74, 6) is 1.08. The van der Waals surface area contributed by atoms with Gasteiger partial charge in [0.1, 0.15) is 0 Å². The molecule has 0 spiro atoms. The number of nitrogen functional groups attached to an aromatic ring is 1. The molecule has 0 heterocycles. The normalized spacial score (nSPS) is 17.4. The minimum Gasteiger partial charge on any atom is -0.398 e. The Kier molecular flexibility index (Phi) is 3.35. The van der Waals surface area contributed by atoms with E-state index in [1.54, 1.807) is 0 Å². The van der Waals surface area contributed by atoms with Crippen LogP contribution in [0.4, 0.5) is 5.69 Å². The SMILES string of the molecule is Nc1ccccc1CSC1CCCC1. The van der Waals surface area contributed by atoms with Crippen LogP contribution in [0.3, 0.4) is 0 Å². The maximum atomic E-state index is 5.89. The van der Waals surface area contributed by atoms with Gasteiger partial charge in [-0.25, -0.2) is 0 Å². The van der Waals surface area contributed by atoms with Gasteiger partial charge in [0.15, 0.2) is 0 Å². The fourth-order valence-electron chi connectivity index (χ4n) is 1.93. The van der Waals surface area contributed by atoms with Gasteiger partial charge in [0.2, 0.25) is 0 Å². The number of hydrogen-bond donors (Lipinski definition) is 1. The van der Waals surface area contributed by atoms with E-state index in [1.807, 2.05) is 12.1 Å². The molecule has 1 nitrogen and oxygen atoms in total. The summed E-state index contributed by atoms with van der Waals surface area (Å²) < 4.78 is 0. The zero-order valence-corrected chi connectivity index (χ0v) is 9.22. The molecular formula is C12H17NS. The summed E-state index contributed by atoms with van der Waals surface area (Å²) in [5.41, 5.74) is 8.13. The van der Waals surface area contributed by atoms with Crippen LogP contribution >= 0.6 is 11.8 Å². The van der Waals surface area contributed by atoms with E-state index in [-0.39, 0.29) is 0 Å². The number of para-hydroxylation sites is 1. The summed E-state index contributed by atoms with van der Waals surface area (Å²) in [4.78, 5) is 0. The molecule has 0 atom stereocenters. The van der Waals surface area contributed by atoms with Gasteiger partial charge in [-0.05, 0) is 24.5 Å². The van der Waals surface area contributed by atoms with Crippen molar-refractivity contribution >= 4 is 17.4 Å². The van der Waals surface area contributed by atoms with Crippen LogP contribution in [0.15, 0.2) is 24.3 Å². The number of anilines is 1. The van der Waals surface area contributed by atoms with Gasteiger partial charge in [-0.2, -0.15) is 11.8 Å². The highest BCUT2D eigenvalue weighted by Gasteiger charge is 2.15. The highest BCUT2D eigenvalue weighted by atomic mass is 32.2. The second kappa shape index (κ2) is 4.74. The second-order valence-electron chi connectivity index (χ2n) is 3.92. The van der Waals surface area contributed by atoms with Crippen molar-refractivity contribution in [3.05, 3.63) is 29.8 Å². The highest BCUT2D eigenvalue weighted by molar-refractivity contribution is 7.99. The topological polar surface area (TPSA) is 26.0 Å². The van der Waals surface area contributed by atoms with Crippen LogP contribution in [0.25, 0.3) is 0 Å². The molecule has 2 N–H and O–H groups in total. The second-order valence-corrected chi connectivity index (χ2v) is 5.20. The van der Waals surface area contributed by atoms with Crippen LogP contribution < -0.4 is 5.73 Å². The van der Waals surface area contributed by atoms with Gasteiger partial charge >= 0.3 is 0 Å². The van der Waals surface area contributed by atoms with Crippen molar-refractivity contribution in [3.63, 3.8) is 0 Å². The van der Waals surface area contributed by atoms with Crippen LogP contribution in [0.2, 0.25) is 0 Å². The molecule has 1 aliphatic carbocycles. The summed E-state index contributed by atoms with van der Waals surface area (Å²) in [5, 5.41) is 0.884. The highest BCUT2D eigenvalue weighted by Crippen LogP contribution is 2.32. The fourth-order valence-corrected chi connectivity index (χ4v) is 3.27. The van der Waals surface area contributed by atoms with Crippen LogP contribution in [-0.4, -0.2) is 5.25 Å². The summed E-state index contributed by atoms with van der Waals surface area (Å²) in [6, 6.07) is 8.20. The first-order chi connectivity index (χ1) is 6.86. The standard InChI is InChI=1S/C12H17NS/c13-12-8-4-1-5-10(12)9-14-11-6-2-3-7-11/h1,4-5,8,11H,2-3,6-7,9,13H2. The monoisotopic (exact) mass is 207 g/mol. The molecule has 0 saturated heterocycles. The minimum atomic E-state index is 0.884. The van der Waals surface area contributed by atoms with Crippen molar-refractivity contribution in [3.8, 4) is 0 Å². The first-order valence-corrected chi connectivity index (χ1v) is 6.36. The third-order valence-corrected chi connectivity index (χ3v) is 4.25. The molecule has 1 aromatic carbocycles. The molecule has 0 aromatic heterocycles. The van der Waals surface area contributed by atoms with Crippen molar-refractivity contribution in [1.82, 2.24) is 0 Å². The average molecular weight is 207 g/mol. The molecule has 0 unspecified atom stereocenters. The van der Waals surface area contributed by atoms with E-state index in [1.165, 1.54) is 31.2 Å². The van der Waals surface area contributed by atoms with Gasteiger partial charge in [0, 0.05) is 16.7 Å². The van der Waals surface area contributed by atoms with E-state index in [0.717, 1.165) is 16.7 Å². The van der Waals surface area contributed by atoms with E-state index >= 15 is 0 Å². The van der Waals surface area contributed by atoms with E-state index in [4.69, 9.17) is 5.73 Å². The van der Waals surface area contributed by atoms with Crippen molar-refractivity contribution in [2.24, 2.45) is 0 Å². The maximum Gasteiger partial charge on any atom is 0.0355 e. The van der Waals surface area contributed by atoms with E-state index in [9.17, 15) is 0 Å². The number of rotatable bonds is 3. The van der Waals surface area contributed by atoms with Gasteiger partial charge < -0.3 is 5.73 Å². The molecule has 76 valence electrons. The first kappa shape index (κ1) is 9.91. The number of benzene rings is 1. The molecule has 0 bridgehead atoms. The molecule has 0 amide bonds. The van der Waals surface area contributed by atoms with Gasteiger partial charge in [-0.15, -0.1) is 0 Å². The molecule has 2 heteroatoms. The zero-order valence-electron chi connectivity index (χ0n) is 8.41. The fraction of sp³-hybridized carbons (Fsp3) is 0.500. The molecule has 14 heavy (non-hydrogen) atoms. The first-order valence-electron chi connectivity index (χ1n) is 5.31. The van der Waals surface area contributed by atoms with Gasteiger partial charge in [-0.3, -0.25) is 0 Å². The Balaban J connectivity index is 1.88. The Morgan fingerprint density at radius 2 is 1.93 bits per heavy atom. The van der Waals surface area contributed by atoms with Crippen LogP contribution in [0, 0.1) is 0 Å². The molecule has 0 radical (unpaired) electrons. The van der Waals surface area contributed by atoms with Crippen LogP contribution in [0.5, 0.6) is 0 Å². The van der Waals surface area contributed by atoms with E-state index in [2.05, 4.69) is 23.9 Å². The lowest BCUT2D eigenvalue weighted by atomic mass is 10.2. The molecule has 1 aliphatic rings. The Morgan fingerprint density at radius 1 is 1.21 bits per heavy atom. The third-order valence-electron chi connectivity index (χ3n) is 2.83. The molecule has 0 aliphatic heterocycles. The Bertz CT molecular complexity index is 292. The Labute approximate surface area is 90.1 Å². The maximum absolute atomic E-state index is 5.89. The van der Waals surface area contributed by atoms with Gasteiger partial charge in [-0.1, -0.05) is 31.0 Å². The number of hydrogen-bond acceptors (Lipinski definition) is 2. The summed E-state index contributed by atoms with van der Waals surface area (Å²) in [7, 11) is 0. The molecule has 2 rings (SSSR count). The minimum absolute atomic E-state index is 0.884. The summed E-state index contributed by atoms with van der Waals surface area (Å²) in [6.07, 6.45) is 5.64. The predicted molar refractivity (Wildman–Crippen MR) is 64.4 cm³/mol. The summed E-state index contributed by atoms with van der Waals surface area (Å²) >= 11 is 2.07. The van der Waals surface area contributed by atoms with Crippen LogP contribution in [0.1, 0.15) is 31.2 Å². The van der Waals surface area contributed by atoms with Crippen molar-refractivity contribution in [1.29, 1.82) is 0 Å². The molecule has 1 saturated carbocycles. The smallest absolute Gasteiger partial charge is 0.0355 e. The molecule has 1 fully saturated rings. The molecular weight excluding hydrogens is 190 g/mol. The molecule has 1 aromatic rings. The van der Waals surface area contributed by atoms with E-state index < -0.39 is 0 Å². The Hall–Kier alpha value is -0.630. The number of thioether (sulfide) groups is 1.